The zero-order valence-electron chi connectivity index (χ0n) is 11.2. The topological polar surface area (TPSA) is 70.2 Å². The number of halogens is 1. The van der Waals surface area contributed by atoms with E-state index in [0.29, 0.717) is 6.54 Å². The number of nitrogens with zero attached hydrogens (tertiary/aromatic N) is 3. The first-order valence-electron chi connectivity index (χ1n) is 5.58. The predicted octanol–water partition coefficient (Wildman–Crippen LogP) is 3.07. The van der Waals surface area contributed by atoms with Crippen LogP contribution in [0.1, 0.15) is 13.8 Å². The fourth-order valence-corrected chi connectivity index (χ4v) is 3.76. The molecule has 0 aromatic carbocycles. The Kier molecular flexibility index (Phi) is 4.19. The quantitative estimate of drug-likeness (QED) is 0.475. The molecule has 8 heteroatoms. The number of hydrogen-bond donors (Lipinski definition) is 0. The summed E-state index contributed by atoms with van der Waals surface area (Å²) in [6.45, 7) is 10.5. The van der Waals surface area contributed by atoms with Crippen LogP contribution in [0.5, 0.6) is 0 Å². The standard InChI is InChI=1S/C10H18ClN3O3Si/c1-10(2,17-18(3,4)5)7-13-9(11)8(6-12-13)14(15)16/h6H,7H2,1-5H3. The molecule has 0 saturated carbocycles. The van der Waals surface area contributed by atoms with Gasteiger partial charge in [-0.25, -0.2) is 4.68 Å². The number of aromatic nitrogens is 2. The van der Waals surface area contributed by atoms with E-state index in [1.807, 2.05) is 13.8 Å². The van der Waals surface area contributed by atoms with Gasteiger partial charge in [-0.1, -0.05) is 11.6 Å². The smallest absolute Gasteiger partial charge is 0.325 e. The molecule has 1 aromatic heterocycles. The monoisotopic (exact) mass is 291 g/mol. The summed E-state index contributed by atoms with van der Waals surface area (Å²) in [6, 6.07) is 0. The lowest BCUT2D eigenvalue weighted by atomic mass is 10.1. The molecule has 1 rings (SSSR count). The summed E-state index contributed by atoms with van der Waals surface area (Å²) in [4.78, 5) is 10.1. The molecule has 1 aromatic rings. The maximum atomic E-state index is 10.7. The van der Waals surface area contributed by atoms with Crippen molar-refractivity contribution in [1.82, 2.24) is 9.78 Å². The lowest BCUT2D eigenvalue weighted by molar-refractivity contribution is -0.384. The van der Waals surface area contributed by atoms with Gasteiger partial charge in [-0.2, -0.15) is 5.10 Å². The van der Waals surface area contributed by atoms with Gasteiger partial charge in [-0.3, -0.25) is 10.1 Å². The van der Waals surface area contributed by atoms with Gasteiger partial charge >= 0.3 is 5.69 Å². The van der Waals surface area contributed by atoms with Gasteiger partial charge in [0.2, 0.25) is 5.15 Å². The Morgan fingerprint density at radius 1 is 1.56 bits per heavy atom. The highest BCUT2D eigenvalue weighted by molar-refractivity contribution is 6.69. The molecule has 0 aliphatic rings. The lowest BCUT2D eigenvalue weighted by Gasteiger charge is -2.32. The largest absolute Gasteiger partial charge is 0.411 e. The molecule has 1 heterocycles. The van der Waals surface area contributed by atoms with E-state index in [9.17, 15) is 10.1 Å². The van der Waals surface area contributed by atoms with E-state index < -0.39 is 18.8 Å². The summed E-state index contributed by atoms with van der Waals surface area (Å²) in [7, 11) is -1.70. The zero-order valence-corrected chi connectivity index (χ0v) is 13.0. The molecule has 0 N–H and O–H groups in total. The van der Waals surface area contributed by atoms with Crippen LogP contribution < -0.4 is 0 Å². The molecule has 0 amide bonds. The Morgan fingerprint density at radius 3 is 2.50 bits per heavy atom. The number of hydrogen-bond acceptors (Lipinski definition) is 4. The average molecular weight is 292 g/mol. The van der Waals surface area contributed by atoms with Gasteiger partial charge in [-0.05, 0) is 33.5 Å². The highest BCUT2D eigenvalue weighted by Gasteiger charge is 2.30. The molecule has 0 radical (unpaired) electrons. The first-order valence-corrected chi connectivity index (χ1v) is 9.36. The second-order valence-electron chi connectivity index (χ2n) is 5.71. The van der Waals surface area contributed by atoms with Gasteiger partial charge in [0.25, 0.3) is 0 Å². The highest BCUT2D eigenvalue weighted by atomic mass is 35.5. The third-order valence-corrected chi connectivity index (χ3v) is 3.62. The second kappa shape index (κ2) is 4.98. The van der Waals surface area contributed by atoms with Crippen molar-refractivity contribution < 1.29 is 9.35 Å². The van der Waals surface area contributed by atoms with Gasteiger partial charge in [0.05, 0.1) is 17.1 Å². The summed E-state index contributed by atoms with van der Waals surface area (Å²) >= 11 is 5.91. The van der Waals surface area contributed by atoms with E-state index in [2.05, 4.69) is 24.7 Å². The van der Waals surface area contributed by atoms with Crippen molar-refractivity contribution in [1.29, 1.82) is 0 Å². The van der Waals surface area contributed by atoms with Gasteiger partial charge in [0, 0.05) is 0 Å². The number of rotatable bonds is 5. The fraction of sp³-hybridized carbons (Fsp3) is 0.700. The Morgan fingerprint density at radius 2 is 2.11 bits per heavy atom. The molecule has 0 spiro atoms. The molecule has 6 nitrogen and oxygen atoms in total. The predicted molar refractivity (Wildman–Crippen MR) is 72.4 cm³/mol. The summed E-state index contributed by atoms with van der Waals surface area (Å²) < 4.78 is 7.41. The fourth-order valence-electron chi connectivity index (χ4n) is 1.82. The van der Waals surface area contributed by atoms with Crippen LogP contribution in [0.15, 0.2) is 6.20 Å². The van der Waals surface area contributed by atoms with Crippen molar-refractivity contribution in [3.63, 3.8) is 0 Å². The summed E-state index contributed by atoms with van der Waals surface area (Å²) in [5, 5.41) is 14.6. The van der Waals surface area contributed by atoms with E-state index >= 15 is 0 Å². The van der Waals surface area contributed by atoms with E-state index in [-0.39, 0.29) is 10.8 Å². The van der Waals surface area contributed by atoms with Gasteiger partial charge in [0.15, 0.2) is 8.32 Å². The van der Waals surface area contributed by atoms with Crippen molar-refractivity contribution in [2.45, 2.75) is 45.6 Å². The summed E-state index contributed by atoms with van der Waals surface area (Å²) in [5.74, 6) is 0. The van der Waals surface area contributed by atoms with E-state index in [4.69, 9.17) is 16.0 Å². The first kappa shape index (κ1) is 15.1. The van der Waals surface area contributed by atoms with Gasteiger partial charge in [0.1, 0.15) is 6.20 Å². The van der Waals surface area contributed by atoms with Crippen molar-refractivity contribution in [3.8, 4) is 0 Å². The molecule has 18 heavy (non-hydrogen) atoms. The summed E-state index contributed by atoms with van der Waals surface area (Å²) in [5.41, 5.74) is -0.644. The Balaban J connectivity index is 2.88. The van der Waals surface area contributed by atoms with Crippen LogP contribution in [0, 0.1) is 10.1 Å². The average Bonchev–Trinajstić information content (AvgIpc) is 2.42. The maximum Gasteiger partial charge on any atom is 0.325 e. The van der Waals surface area contributed by atoms with Gasteiger partial charge in [-0.15, -0.1) is 0 Å². The van der Waals surface area contributed by atoms with Crippen LogP contribution in [0.3, 0.4) is 0 Å². The first-order chi connectivity index (χ1) is 8.02. The Hall–Kier alpha value is -0.923. The van der Waals surface area contributed by atoms with Crippen LogP contribution in [-0.2, 0) is 11.0 Å². The minimum atomic E-state index is -1.70. The Labute approximate surface area is 112 Å². The molecular weight excluding hydrogens is 274 g/mol. The van der Waals surface area contributed by atoms with Crippen LogP contribution in [-0.4, -0.2) is 28.6 Å². The van der Waals surface area contributed by atoms with Crippen LogP contribution in [0.25, 0.3) is 0 Å². The van der Waals surface area contributed by atoms with E-state index in [1.165, 1.54) is 4.68 Å². The van der Waals surface area contributed by atoms with Crippen LogP contribution >= 0.6 is 11.6 Å². The zero-order chi connectivity index (χ0) is 14.1. The molecule has 102 valence electrons. The van der Waals surface area contributed by atoms with Crippen LogP contribution in [0.4, 0.5) is 5.69 Å². The van der Waals surface area contributed by atoms with Gasteiger partial charge < -0.3 is 4.43 Å². The van der Waals surface area contributed by atoms with Crippen molar-refractivity contribution >= 4 is 25.6 Å². The SMILES string of the molecule is CC(C)(Cn1ncc([N+](=O)[O-])c1Cl)O[Si](C)(C)C. The summed E-state index contributed by atoms with van der Waals surface area (Å²) in [6.07, 6.45) is 1.16. The number of nitro groups is 1. The Bertz CT molecular complexity index is 454. The maximum absolute atomic E-state index is 10.7. The molecule has 0 aliphatic heterocycles. The molecule has 0 fully saturated rings. The molecular formula is C10H18ClN3O3Si. The van der Waals surface area contributed by atoms with E-state index in [1.54, 1.807) is 0 Å². The molecule has 0 aliphatic carbocycles. The molecule has 0 bridgehead atoms. The third kappa shape index (κ3) is 4.07. The molecule has 0 saturated heterocycles. The van der Waals surface area contributed by atoms with Crippen molar-refractivity contribution in [3.05, 3.63) is 21.5 Å². The minimum Gasteiger partial charge on any atom is -0.411 e. The normalized spacial score (nSPS) is 12.8. The lowest BCUT2D eigenvalue weighted by Crippen LogP contribution is -2.41. The molecule has 0 atom stereocenters. The van der Waals surface area contributed by atoms with Crippen molar-refractivity contribution in [2.24, 2.45) is 0 Å². The third-order valence-electron chi connectivity index (χ3n) is 2.07. The van der Waals surface area contributed by atoms with E-state index in [0.717, 1.165) is 6.20 Å². The molecule has 0 unspecified atom stereocenters. The van der Waals surface area contributed by atoms with Crippen molar-refractivity contribution in [2.75, 3.05) is 0 Å². The van der Waals surface area contributed by atoms with Crippen LogP contribution in [0.2, 0.25) is 24.8 Å². The second-order valence-corrected chi connectivity index (χ2v) is 10.5. The minimum absolute atomic E-state index is 0.0345. The highest BCUT2D eigenvalue weighted by Crippen LogP contribution is 2.26.